The molecule has 0 aliphatic carbocycles. The Morgan fingerprint density at radius 3 is 2.24 bits per heavy atom. The summed E-state index contributed by atoms with van der Waals surface area (Å²) in [7, 11) is 3.16. The summed E-state index contributed by atoms with van der Waals surface area (Å²) in [6, 6.07) is 8.27. The molecule has 2 aromatic carbocycles. The van der Waals surface area contributed by atoms with Crippen LogP contribution in [0.1, 0.15) is 37.5 Å². The third-order valence-corrected chi connectivity index (χ3v) is 6.43. The van der Waals surface area contributed by atoms with Crippen LogP contribution >= 0.6 is 22.6 Å². The summed E-state index contributed by atoms with van der Waals surface area (Å²) in [4.78, 5) is 24.2. The minimum atomic E-state index is -0.915. The van der Waals surface area contributed by atoms with Crippen molar-refractivity contribution in [3.63, 3.8) is 0 Å². The number of aryl methyl sites for hydroxylation is 3. The van der Waals surface area contributed by atoms with E-state index in [4.69, 9.17) is 14.2 Å². The van der Waals surface area contributed by atoms with Gasteiger partial charge in [-0.25, -0.2) is 4.39 Å². The van der Waals surface area contributed by atoms with E-state index in [0.29, 0.717) is 43.1 Å². The molecule has 0 bridgehead atoms. The Kier molecular flexibility index (Phi) is 7.40. The van der Waals surface area contributed by atoms with Crippen molar-refractivity contribution in [1.29, 1.82) is 0 Å². The highest BCUT2D eigenvalue weighted by Gasteiger charge is 2.27. The highest BCUT2D eigenvalue weighted by atomic mass is 127. The molecule has 0 spiro atoms. The lowest BCUT2D eigenvalue weighted by atomic mass is 9.93. The molecule has 6 nitrogen and oxygen atoms in total. The summed E-state index contributed by atoms with van der Waals surface area (Å²) in [6.45, 7) is 8.50. The number of carbonyl (C=O) groups excluding carboxylic acids is 1. The van der Waals surface area contributed by atoms with Gasteiger partial charge in [0.2, 0.25) is 0 Å². The second-order valence-corrected chi connectivity index (χ2v) is 9.67. The summed E-state index contributed by atoms with van der Waals surface area (Å²) in [5.41, 5.74) is 2.17. The standard InChI is InChI=1S/C26H27FINO5/c1-14-10-18(27)11-15(2)23(14)33-21-9-8-17(26(4,5)34-16(3)30)12-19(21)20-13-29(6)25(31)22(28)24(20)32-7/h8-13H,1-7H3. The van der Waals surface area contributed by atoms with Crippen molar-refractivity contribution in [2.24, 2.45) is 7.05 Å². The topological polar surface area (TPSA) is 66.8 Å². The molecule has 0 atom stereocenters. The Labute approximate surface area is 211 Å². The molecule has 0 saturated heterocycles. The zero-order chi connectivity index (χ0) is 25.4. The second kappa shape index (κ2) is 9.77. The van der Waals surface area contributed by atoms with E-state index < -0.39 is 11.6 Å². The summed E-state index contributed by atoms with van der Waals surface area (Å²) in [5.74, 6) is 0.679. The molecule has 3 rings (SSSR count). The van der Waals surface area contributed by atoms with Crippen molar-refractivity contribution in [2.75, 3.05) is 7.11 Å². The summed E-state index contributed by atoms with van der Waals surface area (Å²) < 4.78 is 33.2. The normalized spacial score (nSPS) is 11.3. The molecule has 0 fully saturated rings. The molecule has 34 heavy (non-hydrogen) atoms. The third kappa shape index (κ3) is 5.11. The van der Waals surface area contributed by atoms with E-state index in [1.165, 1.54) is 30.7 Å². The summed E-state index contributed by atoms with van der Waals surface area (Å²) >= 11 is 1.96. The molecule has 0 unspecified atom stereocenters. The monoisotopic (exact) mass is 579 g/mol. The number of esters is 1. The van der Waals surface area contributed by atoms with Crippen molar-refractivity contribution in [3.8, 4) is 28.4 Å². The van der Waals surface area contributed by atoms with Crippen LogP contribution in [0.4, 0.5) is 4.39 Å². The lowest BCUT2D eigenvalue weighted by molar-refractivity contribution is -0.154. The minimum Gasteiger partial charge on any atom is -0.495 e. The number of hydrogen-bond donors (Lipinski definition) is 0. The summed E-state index contributed by atoms with van der Waals surface area (Å²) in [6.07, 6.45) is 1.68. The first-order valence-corrected chi connectivity index (χ1v) is 11.7. The van der Waals surface area contributed by atoms with E-state index >= 15 is 0 Å². The molecule has 0 N–H and O–H groups in total. The average molecular weight is 579 g/mol. The van der Waals surface area contributed by atoms with Crippen LogP contribution < -0.4 is 15.0 Å². The van der Waals surface area contributed by atoms with Crippen LogP contribution in [0.3, 0.4) is 0 Å². The Morgan fingerprint density at radius 2 is 1.68 bits per heavy atom. The van der Waals surface area contributed by atoms with Gasteiger partial charge >= 0.3 is 5.97 Å². The van der Waals surface area contributed by atoms with Crippen LogP contribution in [0.15, 0.2) is 41.3 Å². The predicted octanol–water partition coefficient (Wildman–Crippen LogP) is 6.01. The minimum absolute atomic E-state index is 0.190. The molecule has 0 aliphatic rings. The van der Waals surface area contributed by atoms with Gasteiger partial charge in [0.15, 0.2) is 0 Å². The maximum atomic E-state index is 13.9. The molecule has 0 saturated carbocycles. The SMILES string of the molecule is COc1c(-c2cc(C(C)(C)OC(C)=O)ccc2Oc2c(C)cc(F)cc2C)cn(C)c(=O)c1I. The van der Waals surface area contributed by atoms with Crippen LogP contribution in [-0.2, 0) is 22.2 Å². The number of rotatable bonds is 6. The fraction of sp³-hybridized carbons (Fsp3) is 0.308. The van der Waals surface area contributed by atoms with Crippen LogP contribution in [0.25, 0.3) is 11.1 Å². The molecule has 0 aliphatic heterocycles. The molecular weight excluding hydrogens is 552 g/mol. The molecule has 0 amide bonds. The molecule has 3 aromatic rings. The van der Waals surface area contributed by atoms with E-state index in [1.807, 2.05) is 34.7 Å². The van der Waals surface area contributed by atoms with Crippen LogP contribution in [0.5, 0.6) is 17.2 Å². The van der Waals surface area contributed by atoms with Gasteiger partial charge in [-0.2, -0.15) is 0 Å². The predicted molar refractivity (Wildman–Crippen MR) is 137 cm³/mol. The first-order chi connectivity index (χ1) is 15.9. The molecule has 0 radical (unpaired) electrons. The fourth-order valence-corrected chi connectivity index (χ4v) is 4.75. The van der Waals surface area contributed by atoms with Crippen LogP contribution in [0, 0.1) is 23.2 Å². The Balaban J connectivity index is 2.30. The highest BCUT2D eigenvalue weighted by molar-refractivity contribution is 14.1. The Morgan fingerprint density at radius 1 is 1.06 bits per heavy atom. The van der Waals surface area contributed by atoms with Crippen molar-refractivity contribution >= 4 is 28.6 Å². The number of hydrogen-bond acceptors (Lipinski definition) is 5. The zero-order valence-corrected chi connectivity index (χ0v) is 22.4. The van der Waals surface area contributed by atoms with Gasteiger partial charge in [0, 0.05) is 31.3 Å². The van der Waals surface area contributed by atoms with E-state index in [2.05, 4.69) is 0 Å². The van der Waals surface area contributed by atoms with Gasteiger partial charge in [-0.15, -0.1) is 0 Å². The number of nitrogens with zero attached hydrogens (tertiary/aromatic N) is 1. The zero-order valence-electron chi connectivity index (χ0n) is 20.2. The number of carbonyl (C=O) groups is 1. The lowest BCUT2D eigenvalue weighted by Crippen LogP contribution is -2.24. The second-order valence-electron chi connectivity index (χ2n) is 8.59. The first kappa shape index (κ1) is 25.7. The third-order valence-electron chi connectivity index (χ3n) is 5.48. The van der Waals surface area contributed by atoms with Gasteiger partial charge in [0.25, 0.3) is 5.56 Å². The average Bonchev–Trinajstić information content (AvgIpc) is 2.73. The van der Waals surface area contributed by atoms with Gasteiger partial charge in [-0.05, 0) is 91.2 Å². The number of halogens is 2. The van der Waals surface area contributed by atoms with Gasteiger partial charge in [0.05, 0.1) is 7.11 Å². The van der Waals surface area contributed by atoms with Gasteiger partial charge in [0.1, 0.15) is 32.2 Å². The number of aromatic nitrogens is 1. The van der Waals surface area contributed by atoms with Gasteiger partial charge in [-0.3, -0.25) is 9.59 Å². The molecular formula is C26H27FINO5. The smallest absolute Gasteiger partial charge is 0.303 e. The van der Waals surface area contributed by atoms with Crippen molar-refractivity contribution in [2.45, 2.75) is 40.2 Å². The quantitative estimate of drug-likeness (QED) is 0.264. The van der Waals surface area contributed by atoms with Crippen molar-refractivity contribution in [3.05, 3.63) is 73.0 Å². The molecule has 180 valence electrons. The van der Waals surface area contributed by atoms with Crippen molar-refractivity contribution < 1.29 is 23.4 Å². The van der Waals surface area contributed by atoms with Crippen molar-refractivity contribution in [1.82, 2.24) is 4.57 Å². The molecule has 1 aromatic heterocycles. The maximum Gasteiger partial charge on any atom is 0.303 e. The van der Waals surface area contributed by atoms with Gasteiger partial charge in [-0.1, -0.05) is 6.07 Å². The van der Waals surface area contributed by atoms with E-state index in [1.54, 1.807) is 47.0 Å². The van der Waals surface area contributed by atoms with E-state index in [9.17, 15) is 14.0 Å². The number of benzene rings is 2. The number of ether oxygens (including phenoxy) is 3. The summed E-state index contributed by atoms with van der Waals surface area (Å²) in [5, 5.41) is 0. The lowest BCUT2D eigenvalue weighted by Gasteiger charge is -2.27. The molecule has 1 heterocycles. The number of pyridine rings is 1. The largest absolute Gasteiger partial charge is 0.495 e. The highest BCUT2D eigenvalue weighted by Crippen LogP contribution is 2.43. The Bertz CT molecular complexity index is 1310. The first-order valence-electron chi connectivity index (χ1n) is 10.6. The fourth-order valence-electron chi connectivity index (χ4n) is 3.86. The van der Waals surface area contributed by atoms with Gasteiger partial charge < -0.3 is 18.8 Å². The Hall–Kier alpha value is -2.88. The van der Waals surface area contributed by atoms with Crippen LogP contribution in [-0.4, -0.2) is 17.6 Å². The molecule has 8 heteroatoms. The number of methoxy groups -OCH3 is 1. The van der Waals surface area contributed by atoms with E-state index in [0.717, 1.165) is 5.56 Å². The maximum absolute atomic E-state index is 13.9. The van der Waals surface area contributed by atoms with E-state index in [-0.39, 0.29) is 11.4 Å². The van der Waals surface area contributed by atoms with Crippen LogP contribution in [0.2, 0.25) is 0 Å².